The van der Waals surface area contributed by atoms with Gasteiger partial charge in [-0.15, -0.1) is 0 Å². The van der Waals surface area contributed by atoms with Crippen LogP contribution >= 0.6 is 0 Å². The molecular formula is C19H25N3O4S. The number of rotatable bonds is 5. The molecule has 1 atom stereocenters. The van der Waals surface area contributed by atoms with Gasteiger partial charge < -0.3 is 9.30 Å². The Bertz CT molecular complexity index is 950. The standard InChI is InChI=1S/C19H25N3O4S/c1-13(2)26-19(23)18-11-20-12-22(18)17-7-5-6-14-8-9-15(10-16(14)17)21(3)27(4,24)25/h8-13,17H,5-7H2,1-4H3. The average Bonchev–Trinajstić information content (AvgIpc) is 3.08. The van der Waals surface area contributed by atoms with Gasteiger partial charge in [0.15, 0.2) is 0 Å². The Hall–Kier alpha value is -2.35. The molecule has 0 aliphatic heterocycles. The van der Waals surface area contributed by atoms with E-state index in [4.69, 9.17) is 4.74 Å². The molecule has 3 rings (SSSR count). The van der Waals surface area contributed by atoms with Crippen molar-refractivity contribution in [3.63, 3.8) is 0 Å². The topological polar surface area (TPSA) is 81.5 Å². The maximum absolute atomic E-state index is 12.4. The quantitative estimate of drug-likeness (QED) is 0.732. The second-order valence-electron chi connectivity index (χ2n) is 7.16. The summed E-state index contributed by atoms with van der Waals surface area (Å²) in [5.41, 5.74) is 3.19. The summed E-state index contributed by atoms with van der Waals surface area (Å²) < 4.78 is 32.2. The third-order valence-corrected chi connectivity index (χ3v) is 6.03. The van der Waals surface area contributed by atoms with Crippen LogP contribution in [-0.4, -0.2) is 43.3 Å². The van der Waals surface area contributed by atoms with Crippen molar-refractivity contribution in [2.75, 3.05) is 17.6 Å². The fourth-order valence-electron chi connectivity index (χ4n) is 3.42. The summed E-state index contributed by atoms with van der Waals surface area (Å²) in [7, 11) is -1.81. The lowest BCUT2D eigenvalue weighted by Gasteiger charge is -2.29. The Morgan fingerprint density at radius 3 is 2.78 bits per heavy atom. The molecule has 1 aliphatic carbocycles. The number of aryl methyl sites for hydroxylation is 1. The summed E-state index contributed by atoms with van der Waals surface area (Å²) in [5.74, 6) is -0.404. The zero-order valence-corrected chi connectivity index (χ0v) is 16.9. The number of carbonyl (C=O) groups is 1. The second kappa shape index (κ2) is 7.34. The van der Waals surface area contributed by atoms with Gasteiger partial charge in [0.05, 0.1) is 36.6 Å². The molecule has 0 saturated carbocycles. The molecule has 0 radical (unpaired) electrons. The maximum Gasteiger partial charge on any atom is 0.356 e. The Kier molecular flexibility index (Phi) is 5.28. The lowest BCUT2D eigenvalue weighted by molar-refractivity contribution is 0.0363. The highest BCUT2D eigenvalue weighted by molar-refractivity contribution is 7.92. The number of anilines is 1. The third kappa shape index (κ3) is 4.00. The number of nitrogens with zero attached hydrogens (tertiary/aromatic N) is 3. The maximum atomic E-state index is 12.4. The normalized spacial score (nSPS) is 16.9. The molecule has 146 valence electrons. The lowest BCUT2D eigenvalue weighted by Crippen LogP contribution is -2.26. The van der Waals surface area contributed by atoms with Crippen molar-refractivity contribution in [3.8, 4) is 0 Å². The third-order valence-electron chi connectivity index (χ3n) is 4.83. The molecule has 0 amide bonds. The van der Waals surface area contributed by atoms with Gasteiger partial charge in [0.25, 0.3) is 0 Å². The number of aromatic nitrogens is 2. The van der Waals surface area contributed by atoms with E-state index < -0.39 is 16.0 Å². The second-order valence-corrected chi connectivity index (χ2v) is 9.18. The molecule has 1 aromatic carbocycles. The van der Waals surface area contributed by atoms with E-state index in [9.17, 15) is 13.2 Å². The van der Waals surface area contributed by atoms with E-state index in [1.54, 1.807) is 6.33 Å². The predicted molar refractivity (Wildman–Crippen MR) is 104 cm³/mol. The van der Waals surface area contributed by atoms with Crippen LogP contribution in [0.15, 0.2) is 30.7 Å². The fraction of sp³-hybridized carbons (Fsp3) is 0.474. The van der Waals surface area contributed by atoms with Crippen LogP contribution in [0.3, 0.4) is 0 Å². The summed E-state index contributed by atoms with van der Waals surface area (Å²) in [6.45, 7) is 3.61. The Labute approximate surface area is 160 Å². The molecule has 1 aliphatic rings. The van der Waals surface area contributed by atoms with E-state index >= 15 is 0 Å². The minimum Gasteiger partial charge on any atom is -0.458 e. The zero-order valence-electron chi connectivity index (χ0n) is 16.0. The van der Waals surface area contributed by atoms with Gasteiger partial charge in [-0.3, -0.25) is 4.31 Å². The van der Waals surface area contributed by atoms with E-state index in [2.05, 4.69) is 4.98 Å². The van der Waals surface area contributed by atoms with Crippen LogP contribution in [0.5, 0.6) is 0 Å². The van der Waals surface area contributed by atoms with Gasteiger partial charge in [-0.05, 0) is 56.4 Å². The van der Waals surface area contributed by atoms with E-state index in [1.165, 1.54) is 23.8 Å². The van der Waals surface area contributed by atoms with Crippen molar-refractivity contribution in [2.45, 2.75) is 45.3 Å². The van der Waals surface area contributed by atoms with E-state index in [-0.39, 0.29) is 12.1 Å². The van der Waals surface area contributed by atoms with Gasteiger partial charge in [-0.25, -0.2) is 18.2 Å². The van der Waals surface area contributed by atoms with E-state index in [0.717, 1.165) is 30.4 Å². The van der Waals surface area contributed by atoms with Crippen LogP contribution in [0.2, 0.25) is 0 Å². The summed E-state index contributed by atoms with van der Waals surface area (Å²) in [6, 6.07) is 5.61. The van der Waals surface area contributed by atoms with Crippen molar-refractivity contribution < 1.29 is 17.9 Å². The summed E-state index contributed by atoms with van der Waals surface area (Å²) in [6.07, 6.45) is 6.88. The molecule has 2 aromatic rings. The number of hydrogen-bond donors (Lipinski definition) is 0. The molecule has 0 bridgehead atoms. The molecule has 0 fully saturated rings. The molecule has 0 N–H and O–H groups in total. The first-order valence-electron chi connectivity index (χ1n) is 8.98. The molecule has 1 unspecified atom stereocenters. The number of ether oxygens (including phenoxy) is 1. The van der Waals surface area contributed by atoms with Crippen LogP contribution in [0.25, 0.3) is 0 Å². The number of esters is 1. The molecule has 27 heavy (non-hydrogen) atoms. The van der Waals surface area contributed by atoms with E-state index in [1.807, 2.05) is 36.6 Å². The van der Waals surface area contributed by atoms with Crippen molar-refractivity contribution >= 4 is 21.7 Å². The molecule has 1 aromatic heterocycles. The Morgan fingerprint density at radius 2 is 2.11 bits per heavy atom. The van der Waals surface area contributed by atoms with Crippen molar-refractivity contribution in [1.82, 2.24) is 9.55 Å². The van der Waals surface area contributed by atoms with Crippen LogP contribution in [-0.2, 0) is 21.2 Å². The SMILES string of the molecule is CC(C)OC(=O)c1cncn1C1CCCc2ccc(N(C)S(C)(=O)=O)cc21. The summed E-state index contributed by atoms with van der Waals surface area (Å²) >= 11 is 0. The molecule has 0 spiro atoms. The van der Waals surface area contributed by atoms with Crippen LogP contribution in [0.4, 0.5) is 5.69 Å². The van der Waals surface area contributed by atoms with Crippen molar-refractivity contribution in [3.05, 3.63) is 47.5 Å². The van der Waals surface area contributed by atoms with Crippen LogP contribution in [0.1, 0.15) is 54.3 Å². The number of hydrogen-bond acceptors (Lipinski definition) is 5. The number of imidazole rings is 1. The molecule has 0 saturated heterocycles. The van der Waals surface area contributed by atoms with Gasteiger partial charge in [-0.2, -0.15) is 0 Å². The monoisotopic (exact) mass is 391 g/mol. The zero-order chi connectivity index (χ0) is 19.8. The van der Waals surface area contributed by atoms with E-state index in [0.29, 0.717) is 11.4 Å². The predicted octanol–water partition coefficient (Wildman–Crippen LogP) is 2.77. The number of benzene rings is 1. The molecule has 1 heterocycles. The Morgan fingerprint density at radius 1 is 1.37 bits per heavy atom. The van der Waals surface area contributed by atoms with Crippen LogP contribution < -0.4 is 4.31 Å². The number of fused-ring (bicyclic) bond motifs is 1. The smallest absolute Gasteiger partial charge is 0.356 e. The Balaban J connectivity index is 2.02. The highest BCUT2D eigenvalue weighted by Crippen LogP contribution is 2.36. The van der Waals surface area contributed by atoms with Gasteiger partial charge in [0, 0.05) is 7.05 Å². The van der Waals surface area contributed by atoms with Crippen LogP contribution in [0, 0.1) is 0 Å². The number of carbonyl (C=O) groups excluding carboxylic acids is 1. The summed E-state index contributed by atoms with van der Waals surface area (Å²) in [5, 5.41) is 0. The highest BCUT2D eigenvalue weighted by Gasteiger charge is 2.27. The highest BCUT2D eigenvalue weighted by atomic mass is 32.2. The lowest BCUT2D eigenvalue weighted by atomic mass is 9.87. The largest absolute Gasteiger partial charge is 0.458 e. The first-order valence-corrected chi connectivity index (χ1v) is 10.8. The fourth-order valence-corrected chi connectivity index (χ4v) is 3.92. The number of sulfonamides is 1. The van der Waals surface area contributed by atoms with Gasteiger partial charge in [0.2, 0.25) is 10.0 Å². The van der Waals surface area contributed by atoms with Gasteiger partial charge in [-0.1, -0.05) is 6.07 Å². The van der Waals surface area contributed by atoms with Gasteiger partial charge >= 0.3 is 5.97 Å². The first kappa shape index (κ1) is 19.4. The minimum absolute atomic E-state index is 0.0844. The summed E-state index contributed by atoms with van der Waals surface area (Å²) in [4.78, 5) is 16.6. The first-order chi connectivity index (χ1) is 12.7. The molecule has 7 nitrogen and oxygen atoms in total. The van der Waals surface area contributed by atoms with Crippen molar-refractivity contribution in [1.29, 1.82) is 0 Å². The van der Waals surface area contributed by atoms with Crippen molar-refractivity contribution in [2.24, 2.45) is 0 Å². The molecular weight excluding hydrogens is 366 g/mol. The average molecular weight is 391 g/mol. The van der Waals surface area contributed by atoms with Gasteiger partial charge in [0.1, 0.15) is 5.69 Å². The molecule has 8 heteroatoms. The minimum atomic E-state index is -3.35.